The minimum absolute atomic E-state index is 0.0672. The van der Waals surface area contributed by atoms with Crippen molar-refractivity contribution in [2.24, 2.45) is 0 Å². The molecule has 0 amide bonds. The summed E-state index contributed by atoms with van der Waals surface area (Å²) in [7, 11) is 0. The van der Waals surface area contributed by atoms with Crippen molar-refractivity contribution in [2.45, 2.75) is 129 Å². The van der Waals surface area contributed by atoms with Crippen LogP contribution in [0.1, 0.15) is 135 Å². The molecule has 85 heavy (non-hydrogen) atoms. The summed E-state index contributed by atoms with van der Waals surface area (Å²) in [5, 5.41) is 2.24. The van der Waals surface area contributed by atoms with Crippen LogP contribution >= 0.6 is 0 Å². The van der Waals surface area contributed by atoms with Gasteiger partial charge in [0.05, 0.1) is 38.9 Å². The van der Waals surface area contributed by atoms with Crippen LogP contribution < -0.4 is 9.30 Å². The molecule has 0 saturated carbocycles. The number of ether oxygens (including phenoxy) is 1. The summed E-state index contributed by atoms with van der Waals surface area (Å²) in [6, 6.07) is 60.5. The van der Waals surface area contributed by atoms with E-state index in [9.17, 15) is 5.48 Å². The number of hydrogen-bond donors (Lipinski definition) is 0. The molecule has 0 atom stereocenters. The van der Waals surface area contributed by atoms with E-state index in [4.69, 9.17) is 9.72 Å². The summed E-state index contributed by atoms with van der Waals surface area (Å²) >= 11 is 0. The van der Waals surface area contributed by atoms with E-state index in [1.165, 1.54) is 5.56 Å². The Kier molecular flexibility index (Phi) is 10.8. The molecule has 9 aromatic carbocycles. The SMILES string of the molecule is [2H]c1cc2c(c([2H])c1-c1ccc(-c3c([2H])cc4c(c3[2H])C(C)(C)CCC4(C)C)c3c1-c1ccccc1-c1ccccc1-c1cccc4c1[n+]-3[c-]n4-c1cccc(Oc3ccc4c5ccccc5n(-c5cc(C(C)(C)C)ccn5)c4c3)c1)C(C)(C)CCC2(C)C. The van der Waals surface area contributed by atoms with Crippen molar-refractivity contribution >= 4 is 32.8 Å². The molecule has 1 aliphatic heterocycles. The third-order valence-electron chi connectivity index (χ3n) is 19.4. The summed E-state index contributed by atoms with van der Waals surface area (Å²) in [5.41, 5.74) is 17.8. The summed E-state index contributed by atoms with van der Waals surface area (Å²) in [6.45, 7) is 24.7. The maximum atomic E-state index is 10.6. The lowest BCUT2D eigenvalue weighted by Crippen LogP contribution is -2.34. The average Bonchev–Trinajstić information content (AvgIpc) is 1.63. The molecule has 0 radical (unpaired) electrons. The average molecular weight is 1110 g/mol. The van der Waals surface area contributed by atoms with Crippen molar-refractivity contribution < 1.29 is 14.8 Å². The number of aromatic nitrogens is 4. The van der Waals surface area contributed by atoms with E-state index in [0.717, 1.165) is 137 Å². The number of imidazole rings is 1. The van der Waals surface area contributed by atoms with Gasteiger partial charge in [0.25, 0.3) is 6.33 Å². The Morgan fingerprint density at radius 3 is 1.72 bits per heavy atom. The third-order valence-corrected chi connectivity index (χ3v) is 19.4. The van der Waals surface area contributed by atoms with Gasteiger partial charge in [-0.2, -0.15) is 0 Å². The first kappa shape index (κ1) is 48.6. The van der Waals surface area contributed by atoms with Gasteiger partial charge in [0.2, 0.25) is 0 Å². The van der Waals surface area contributed by atoms with Gasteiger partial charge in [-0.15, -0.1) is 0 Å². The van der Waals surface area contributed by atoms with Crippen molar-refractivity contribution in [3.63, 3.8) is 0 Å². The molecule has 12 aromatic rings. The number of pyridine rings is 1. The Hall–Kier alpha value is -8.80. The van der Waals surface area contributed by atoms with Gasteiger partial charge in [-0.05, 0) is 179 Å². The highest BCUT2D eigenvalue weighted by Gasteiger charge is 2.40. The van der Waals surface area contributed by atoms with Gasteiger partial charge >= 0.3 is 0 Å². The van der Waals surface area contributed by atoms with Crippen molar-refractivity contribution in [1.82, 2.24) is 14.1 Å². The van der Waals surface area contributed by atoms with Gasteiger partial charge < -0.3 is 4.74 Å². The zero-order valence-electron chi connectivity index (χ0n) is 54.8. The molecule has 15 rings (SSSR count). The van der Waals surface area contributed by atoms with Gasteiger partial charge in [0, 0.05) is 28.6 Å². The van der Waals surface area contributed by atoms with Gasteiger partial charge in [-0.3, -0.25) is 13.7 Å². The van der Waals surface area contributed by atoms with E-state index in [-0.39, 0.29) is 33.1 Å². The van der Waals surface area contributed by atoms with E-state index in [0.29, 0.717) is 46.3 Å². The van der Waals surface area contributed by atoms with Crippen LogP contribution in [0.15, 0.2) is 200 Å². The molecule has 0 fully saturated rings. The lowest BCUT2D eigenvalue weighted by molar-refractivity contribution is -0.570. The van der Waals surface area contributed by atoms with Crippen LogP contribution in [-0.2, 0) is 27.1 Å². The Bertz CT molecular complexity index is 4990. The van der Waals surface area contributed by atoms with Gasteiger partial charge in [-0.25, -0.2) is 4.98 Å². The first-order chi connectivity index (χ1) is 42.4. The topological polar surface area (TPSA) is 35.9 Å². The molecule has 5 nitrogen and oxygen atoms in total. The summed E-state index contributed by atoms with van der Waals surface area (Å²) in [4.78, 5) is 4.94. The van der Waals surface area contributed by atoms with E-state index in [2.05, 4.69) is 242 Å². The van der Waals surface area contributed by atoms with E-state index < -0.39 is 0 Å². The van der Waals surface area contributed by atoms with Crippen LogP contribution in [0.5, 0.6) is 11.5 Å². The number of rotatable bonds is 6. The van der Waals surface area contributed by atoms with Crippen LogP contribution in [0, 0.1) is 6.33 Å². The quantitative estimate of drug-likeness (QED) is 0.123. The third kappa shape index (κ3) is 8.46. The molecule has 3 aromatic heterocycles. The van der Waals surface area contributed by atoms with Crippen LogP contribution in [0.3, 0.4) is 0 Å². The van der Waals surface area contributed by atoms with Crippen molar-refractivity contribution in [3.05, 3.63) is 234 Å². The molecule has 0 bridgehead atoms. The Morgan fingerprint density at radius 1 is 0.494 bits per heavy atom. The van der Waals surface area contributed by atoms with Crippen LogP contribution in [-0.4, -0.2) is 14.1 Å². The van der Waals surface area contributed by atoms with Crippen LogP contribution in [0.2, 0.25) is 0 Å². The lowest BCUT2D eigenvalue weighted by atomic mass is 9.62. The molecule has 420 valence electrons. The van der Waals surface area contributed by atoms with Crippen molar-refractivity contribution in [2.75, 3.05) is 0 Å². The minimum atomic E-state index is -0.330. The largest absolute Gasteiger partial charge is 0.458 e. The van der Waals surface area contributed by atoms with Gasteiger partial charge in [-0.1, -0.05) is 216 Å². The zero-order valence-corrected chi connectivity index (χ0v) is 50.8. The molecule has 0 spiro atoms. The smallest absolute Gasteiger partial charge is 0.269 e. The Morgan fingerprint density at radius 2 is 1.04 bits per heavy atom. The highest BCUT2D eigenvalue weighted by atomic mass is 16.5. The maximum Gasteiger partial charge on any atom is 0.269 e. The maximum absolute atomic E-state index is 10.6. The van der Waals surface area contributed by atoms with E-state index >= 15 is 0 Å². The molecule has 0 N–H and O–H groups in total. The molecule has 3 aliphatic rings. The lowest BCUT2D eigenvalue weighted by Gasteiger charge is -2.42. The van der Waals surface area contributed by atoms with Gasteiger partial charge in [0.1, 0.15) is 17.3 Å². The monoisotopic (exact) mass is 1110 g/mol. The predicted molar refractivity (Wildman–Crippen MR) is 352 cm³/mol. The molecule has 5 heteroatoms. The number of hydrogen-bond acceptors (Lipinski definition) is 2. The predicted octanol–water partition coefficient (Wildman–Crippen LogP) is 20.6. The van der Waals surface area contributed by atoms with Crippen molar-refractivity contribution in [1.29, 1.82) is 0 Å². The summed E-state index contributed by atoms with van der Waals surface area (Å²) < 4.78 is 55.1. The highest BCUT2D eigenvalue weighted by Crippen LogP contribution is 2.53. The minimum Gasteiger partial charge on any atom is -0.458 e. The summed E-state index contributed by atoms with van der Waals surface area (Å²) in [5.74, 6) is 2.17. The normalized spacial score (nSPS) is 16.8. The zero-order chi connectivity index (χ0) is 62.0. The van der Waals surface area contributed by atoms with Crippen LogP contribution in [0.25, 0.3) is 106 Å². The second-order valence-electron chi connectivity index (χ2n) is 27.9. The number of nitrogens with zero attached hydrogens (tertiary/aromatic N) is 4. The highest BCUT2D eigenvalue weighted by molar-refractivity contribution is 6.10. The van der Waals surface area contributed by atoms with Crippen LogP contribution in [0.4, 0.5) is 0 Å². The molecule has 0 saturated heterocycles. The first-order valence-electron chi connectivity index (χ1n) is 32.4. The molecular formula is C80H74N4O. The first-order valence-corrected chi connectivity index (χ1v) is 30.4. The standard InChI is InChI=1S/C80H74N4O/c1-76(2,3)52-38-43-81-72(46-52)84-69-28-17-16-25-61(69)62-33-32-55(48-71(62)84)85-54-21-18-20-53(47-54)82-49-83-74-64(27-19-29-70(74)82)60-24-13-12-22-58(60)59-23-14-15-26-63(59)73-56(50-30-36-65-67(44-50)79(8,9)41-39-77(65,4)5)34-35-57(75(73)83)51-31-37-66-68(45-51)80(10,11)42-40-78(66,6)7/h12-38,43-48H,39-42H2,1-11H3/i30D,31D,44D,45D. The molecule has 4 heterocycles. The Balaban J connectivity index is 1.01. The summed E-state index contributed by atoms with van der Waals surface area (Å²) in [6.07, 6.45) is 9.66. The van der Waals surface area contributed by atoms with Crippen molar-refractivity contribution in [3.8, 4) is 84.3 Å². The molecule has 0 unspecified atom stereocenters. The fourth-order valence-electron chi connectivity index (χ4n) is 14.3. The van der Waals surface area contributed by atoms with E-state index in [1.54, 1.807) is 0 Å². The fourth-order valence-corrected chi connectivity index (χ4v) is 14.3. The number of para-hydroxylation sites is 2. The molecular weight excluding hydrogens is 1030 g/mol. The number of fused-ring (bicyclic) bond motifs is 12. The second kappa shape index (κ2) is 18.9. The Labute approximate surface area is 506 Å². The molecule has 2 aliphatic carbocycles. The second-order valence-corrected chi connectivity index (χ2v) is 27.9. The fraction of sp³-hybridized carbons (Fsp3) is 0.250. The number of benzene rings is 9. The van der Waals surface area contributed by atoms with E-state index in [1.807, 2.05) is 30.5 Å². The van der Waals surface area contributed by atoms with Gasteiger partial charge in [0.15, 0.2) is 0 Å².